The van der Waals surface area contributed by atoms with E-state index in [9.17, 15) is 9.59 Å². The van der Waals surface area contributed by atoms with E-state index in [1.165, 1.54) is 0 Å². The summed E-state index contributed by atoms with van der Waals surface area (Å²) in [5.41, 5.74) is 2.43. The van der Waals surface area contributed by atoms with Gasteiger partial charge in [-0.15, -0.1) is 0 Å². The molecule has 1 aliphatic rings. The summed E-state index contributed by atoms with van der Waals surface area (Å²) in [7, 11) is 0. The molecule has 0 bridgehead atoms. The number of para-hydroxylation sites is 1. The van der Waals surface area contributed by atoms with E-state index in [4.69, 9.17) is 11.6 Å². The molecule has 0 unspecified atom stereocenters. The molecule has 5 heteroatoms. The molecule has 3 rings (SSSR count). The molecule has 0 saturated carbocycles. The molecule has 2 amide bonds. The average molecular weight is 329 g/mol. The summed E-state index contributed by atoms with van der Waals surface area (Å²) >= 11 is 6.13. The Morgan fingerprint density at radius 2 is 1.96 bits per heavy atom. The van der Waals surface area contributed by atoms with Gasteiger partial charge >= 0.3 is 0 Å². The monoisotopic (exact) mass is 328 g/mol. The van der Waals surface area contributed by atoms with Crippen LogP contribution < -0.4 is 10.2 Å². The van der Waals surface area contributed by atoms with Gasteiger partial charge in [-0.05, 0) is 36.8 Å². The second-order valence-electron chi connectivity index (χ2n) is 5.69. The lowest BCUT2D eigenvalue weighted by Gasteiger charge is -2.17. The number of nitrogens with zero attached hydrogens (tertiary/aromatic N) is 1. The van der Waals surface area contributed by atoms with E-state index in [0.29, 0.717) is 11.6 Å². The molecule has 0 aliphatic carbocycles. The number of rotatable bonds is 3. The lowest BCUT2D eigenvalue weighted by atomic mass is 10.1. The van der Waals surface area contributed by atoms with Crippen molar-refractivity contribution >= 4 is 34.8 Å². The van der Waals surface area contributed by atoms with Crippen molar-refractivity contribution in [2.75, 3.05) is 16.8 Å². The van der Waals surface area contributed by atoms with E-state index in [-0.39, 0.29) is 24.2 Å². The number of hydrogen-bond donors (Lipinski definition) is 1. The molecule has 0 aromatic heterocycles. The van der Waals surface area contributed by atoms with Crippen molar-refractivity contribution in [2.45, 2.75) is 13.3 Å². The zero-order valence-electron chi connectivity index (χ0n) is 12.8. The van der Waals surface area contributed by atoms with Crippen LogP contribution in [0.1, 0.15) is 12.0 Å². The zero-order chi connectivity index (χ0) is 16.4. The van der Waals surface area contributed by atoms with Gasteiger partial charge in [-0.2, -0.15) is 0 Å². The van der Waals surface area contributed by atoms with Gasteiger partial charge in [0.1, 0.15) is 0 Å². The predicted octanol–water partition coefficient (Wildman–Crippen LogP) is 3.64. The largest absolute Gasteiger partial charge is 0.326 e. The normalized spacial score (nSPS) is 17.4. The Labute approximate surface area is 140 Å². The Balaban J connectivity index is 1.71. The first-order valence-electron chi connectivity index (χ1n) is 7.47. The summed E-state index contributed by atoms with van der Waals surface area (Å²) in [6.45, 7) is 2.28. The Hall–Kier alpha value is -2.33. The number of hydrogen-bond acceptors (Lipinski definition) is 2. The predicted molar refractivity (Wildman–Crippen MR) is 91.7 cm³/mol. The molecule has 0 spiro atoms. The van der Waals surface area contributed by atoms with E-state index in [0.717, 1.165) is 16.9 Å². The molecule has 1 N–H and O–H groups in total. The minimum atomic E-state index is -0.359. The first-order chi connectivity index (χ1) is 11.0. The fourth-order valence-electron chi connectivity index (χ4n) is 2.65. The summed E-state index contributed by atoms with van der Waals surface area (Å²) < 4.78 is 0. The van der Waals surface area contributed by atoms with Crippen LogP contribution in [0.4, 0.5) is 11.4 Å². The highest BCUT2D eigenvalue weighted by atomic mass is 35.5. The van der Waals surface area contributed by atoms with Gasteiger partial charge in [0.05, 0.1) is 5.92 Å². The molecule has 1 fully saturated rings. The number of anilines is 2. The average Bonchev–Trinajstić information content (AvgIpc) is 2.93. The van der Waals surface area contributed by atoms with Crippen LogP contribution in [0.25, 0.3) is 0 Å². The molecule has 2 aromatic rings. The third-order valence-electron chi connectivity index (χ3n) is 4.00. The lowest BCUT2D eigenvalue weighted by Crippen LogP contribution is -2.28. The smallest absolute Gasteiger partial charge is 0.229 e. The Bertz CT molecular complexity index is 746. The van der Waals surface area contributed by atoms with Crippen molar-refractivity contribution in [1.29, 1.82) is 0 Å². The molecular formula is C18H17ClN2O2. The SMILES string of the molecule is Cc1ccc(N2C[C@H](C(=O)Nc3ccccc3)CC2=O)cc1Cl. The highest BCUT2D eigenvalue weighted by molar-refractivity contribution is 6.31. The summed E-state index contributed by atoms with van der Waals surface area (Å²) in [4.78, 5) is 26.2. The molecule has 1 heterocycles. The summed E-state index contributed by atoms with van der Waals surface area (Å²) in [6, 6.07) is 14.8. The van der Waals surface area contributed by atoms with Crippen molar-refractivity contribution in [3.63, 3.8) is 0 Å². The van der Waals surface area contributed by atoms with E-state index in [1.807, 2.05) is 49.4 Å². The molecule has 118 valence electrons. The van der Waals surface area contributed by atoms with Crippen molar-refractivity contribution in [3.8, 4) is 0 Å². The second-order valence-corrected chi connectivity index (χ2v) is 6.10. The fraction of sp³-hybridized carbons (Fsp3) is 0.222. The van der Waals surface area contributed by atoms with Crippen LogP contribution in [0.2, 0.25) is 5.02 Å². The summed E-state index contributed by atoms with van der Waals surface area (Å²) in [6.07, 6.45) is 0.212. The van der Waals surface area contributed by atoms with E-state index < -0.39 is 0 Å². The second kappa shape index (κ2) is 6.42. The maximum absolute atomic E-state index is 12.3. The molecule has 1 saturated heterocycles. The van der Waals surface area contributed by atoms with Crippen molar-refractivity contribution in [2.24, 2.45) is 5.92 Å². The minimum absolute atomic E-state index is 0.0573. The number of carbonyl (C=O) groups is 2. The first-order valence-corrected chi connectivity index (χ1v) is 7.85. The third kappa shape index (κ3) is 3.37. The molecular weight excluding hydrogens is 312 g/mol. The van der Waals surface area contributed by atoms with Gasteiger partial charge in [-0.25, -0.2) is 0 Å². The molecule has 1 aliphatic heterocycles. The van der Waals surface area contributed by atoms with Crippen LogP contribution in [0, 0.1) is 12.8 Å². The minimum Gasteiger partial charge on any atom is -0.326 e. The number of amides is 2. The van der Waals surface area contributed by atoms with E-state index >= 15 is 0 Å². The first kappa shape index (κ1) is 15.6. The molecule has 4 nitrogen and oxygen atoms in total. The van der Waals surface area contributed by atoms with Crippen LogP contribution >= 0.6 is 11.6 Å². The van der Waals surface area contributed by atoms with Crippen LogP contribution in [-0.4, -0.2) is 18.4 Å². The maximum Gasteiger partial charge on any atom is 0.229 e. The fourth-order valence-corrected chi connectivity index (χ4v) is 2.82. The number of halogens is 1. The van der Waals surface area contributed by atoms with Crippen LogP contribution in [0.3, 0.4) is 0 Å². The molecule has 1 atom stereocenters. The molecule has 2 aromatic carbocycles. The standard InChI is InChI=1S/C18H17ClN2O2/c1-12-7-8-15(10-16(12)19)21-11-13(9-17(21)22)18(23)20-14-5-3-2-4-6-14/h2-8,10,13H,9,11H2,1H3,(H,20,23)/t13-/m1/s1. The summed E-state index contributed by atoms with van der Waals surface area (Å²) in [5.74, 6) is -0.550. The Kier molecular flexibility index (Phi) is 4.35. The lowest BCUT2D eigenvalue weighted by molar-refractivity contribution is -0.122. The van der Waals surface area contributed by atoms with Gasteiger partial charge in [-0.3, -0.25) is 9.59 Å². The highest BCUT2D eigenvalue weighted by Gasteiger charge is 2.35. The summed E-state index contributed by atoms with van der Waals surface area (Å²) in [5, 5.41) is 3.47. The quantitative estimate of drug-likeness (QED) is 0.935. The number of aryl methyl sites for hydroxylation is 1. The van der Waals surface area contributed by atoms with Gasteiger partial charge in [0.2, 0.25) is 11.8 Å². The van der Waals surface area contributed by atoms with Crippen LogP contribution in [-0.2, 0) is 9.59 Å². The third-order valence-corrected chi connectivity index (χ3v) is 4.41. The van der Waals surface area contributed by atoms with Gasteiger partial charge in [0.25, 0.3) is 0 Å². The van der Waals surface area contributed by atoms with Gasteiger partial charge in [0, 0.05) is 29.4 Å². The van der Waals surface area contributed by atoms with Crippen molar-refractivity contribution in [1.82, 2.24) is 0 Å². The maximum atomic E-state index is 12.3. The number of nitrogens with one attached hydrogen (secondary N) is 1. The Morgan fingerprint density at radius 3 is 2.65 bits per heavy atom. The number of benzene rings is 2. The van der Waals surface area contributed by atoms with Crippen molar-refractivity contribution in [3.05, 3.63) is 59.1 Å². The van der Waals surface area contributed by atoms with Crippen LogP contribution in [0.15, 0.2) is 48.5 Å². The Morgan fingerprint density at radius 1 is 1.22 bits per heavy atom. The van der Waals surface area contributed by atoms with Gasteiger partial charge in [0.15, 0.2) is 0 Å². The van der Waals surface area contributed by atoms with E-state index in [2.05, 4.69) is 5.32 Å². The molecule has 0 radical (unpaired) electrons. The van der Waals surface area contributed by atoms with Crippen molar-refractivity contribution < 1.29 is 9.59 Å². The van der Waals surface area contributed by atoms with Gasteiger partial charge in [-0.1, -0.05) is 35.9 Å². The van der Waals surface area contributed by atoms with Gasteiger partial charge < -0.3 is 10.2 Å². The van der Waals surface area contributed by atoms with E-state index in [1.54, 1.807) is 11.0 Å². The van der Waals surface area contributed by atoms with Crippen LogP contribution in [0.5, 0.6) is 0 Å². The molecule has 23 heavy (non-hydrogen) atoms. The number of carbonyl (C=O) groups excluding carboxylic acids is 2. The topological polar surface area (TPSA) is 49.4 Å². The zero-order valence-corrected chi connectivity index (χ0v) is 13.5. The highest BCUT2D eigenvalue weighted by Crippen LogP contribution is 2.29.